The molecule has 0 atom stereocenters. The van der Waals surface area contributed by atoms with Gasteiger partial charge in [0.25, 0.3) is 5.91 Å². The number of anilines is 2. The van der Waals surface area contributed by atoms with Crippen LogP contribution in [0, 0.1) is 0 Å². The second-order valence-corrected chi connectivity index (χ2v) is 9.20. The molecule has 0 saturated carbocycles. The third kappa shape index (κ3) is 5.80. The number of para-hydroxylation sites is 2. The molecule has 7 nitrogen and oxygen atoms in total. The van der Waals surface area contributed by atoms with E-state index in [0.717, 1.165) is 10.6 Å². The topological polar surface area (TPSA) is 95.6 Å². The van der Waals surface area contributed by atoms with E-state index in [-0.39, 0.29) is 11.9 Å². The second-order valence-electron chi connectivity index (χ2n) is 6.44. The lowest BCUT2D eigenvalue weighted by molar-refractivity contribution is -0.114. The standard InChI is InChI=1S/C19H22BrN3O4S/c1-13(2)21-19(25)14-8-4-6-10-16(14)22-18(24)12-23(28(3,26)27)17-11-7-5-9-15(17)20/h4-11,13H,12H2,1-3H3,(H,21,25)(H,22,24). The fraction of sp³-hybridized carbons (Fsp3) is 0.263. The van der Waals surface area contributed by atoms with Gasteiger partial charge in [0.05, 0.1) is 23.2 Å². The van der Waals surface area contributed by atoms with Crippen LogP contribution in [0.5, 0.6) is 0 Å². The van der Waals surface area contributed by atoms with E-state index in [2.05, 4.69) is 26.6 Å². The van der Waals surface area contributed by atoms with Crippen LogP contribution in [0.25, 0.3) is 0 Å². The lowest BCUT2D eigenvalue weighted by Crippen LogP contribution is -2.38. The number of amides is 2. The number of carbonyl (C=O) groups excluding carboxylic acids is 2. The van der Waals surface area contributed by atoms with Crippen molar-refractivity contribution in [2.45, 2.75) is 19.9 Å². The first kappa shape index (κ1) is 21.9. The Kier molecular flexibility index (Phi) is 7.20. The first-order valence-electron chi connectivity index (χ1n) is 8.51. The summed E-state index contributed by atoms with van der Waals surface area (Å²) in [6, 6.07) is 13.2. The molecule has 28 heavy (non-hydrogen) atoms. The van der Waals surface area contributed by atoms with Gasteiger partial charge in [-0.2, -0.15) is 0 Å². The van der Waals surface area contributed by atoms with Crippen molar-refractivity contribution < 1.29 is 18.0 Å². The summed E-state index contributed by atoms with van der Waals surface area (Å²) in [6.07, 6.45) is 1.03. The van der Waals surface area contributed by atoms with Crippen LogP contribution in [-0.4, -0.2) is 39.1 Å². The second kappa shape index (κ2) is 9.20. The molecule has 0 unspecified atom stereocenters. The Hall–Kier alpha value is -2.39. The minimum Gasteiger partial charge on any atom is -0.350 e. The zero-order valence-corrected chi connectivity index (χ0v) is 18.2. The van der Waals surface area contributed by atoms with Gasteiger partial charge in [-0.25, -0.2) is 8.42 Å². The fourth-order valence-corrected chi connectivity index (χ4v) is 3.97. The highest BCUT2D eigenvalue weighted by molar-refractivity contribution is 9.10. The van der Waals surface area contributed by atoms with Gasteiger partial charge in [-0.05, 0) is 54.0 Å². The molecule has 0 aliphatic rings. The first-order valence-corrected chi connectivity index (χ1v) is 11.2. The molecule has 0 aliphatic carbocycles. The van der Waals surface area contributed by atoms with Gasteiger partial charge in [0.1, 0.15) is 6.54 Å². The number of hydrogen-bond acceptors (Lipinski definition) is 4. The minimum absolute atomic E-state index is 0.0626. The number of sulfonamides is 1. The van der Waals surface area contributed by atoms with E-state index in [1.54, 1.807) is 48.5 Å². The Labute approximate surface area is 173 Å². The molecule has 0 heterocycles. The summed E-state index contributed by atoms with van der Waals surface area (Å²) in [4.78, 5) is 24.9. The lowest BCUT2D eigenvalue weighted by atomic mass is 10.1. The van der Waals surface area contributed by atoms with E-state index < -0.39 is 22.5 Å². The molecule has 150 valence electrons. The van der Waals surface area contributed by atoms with Crippen LogP contribution >= 0.6 is 15.9 Å². The minimum atomic E-state index is -3.71. The van der Waals surface area contributed by atoms with Gasteiger partial charge < -0.3 is 10.6 Å². The van der Waals surface area contributed by atoms with Crippen molar-refractivity contribution >= 4 is 49.1 Å². The number of halogens is 1. The van der Waals surface area contributed by atoms with Gasteiger partial charge in [-0.15, -0.1) is 0 Å². The smallest absolute Gasteiger partial charge is 0.253 e. The van der Waals surface area contributed by atoms with Crippen molar-refractivity contribution in [3.8, 4) is 0 Å². The largest absolute Gasteiger partial charge is 0.350 e. The molecular formula is C19H22BrN3O4S. The molecule has 2 N–H and O–H groups in total. The van der Waals surface area contributed by atoms with Crippen LogP contribution in [0.1, 0.15) is 24.2 Å². The van der Waals surface area contributed by atoms with Crippen molar-refractivity contribution in [3.63, 3.8) is 0 Å². The Morgan fingerprint density at radius 3 is 2.29 bits per heavy atom. The molecule has 2 aromatic rings. The van der Waals surface area contributed by atoms with Crippen molar-refractivity contribution in [3.05, 3.63) is 58.6 Å². The average Bonchev–Trinajstić information content (AvgIpc) is 2.59. The zero-order valence-electron chi connectivity index (χ0n) is 15.8. The van der Waals surface area contributed by atoms with E-state index in [1.807, 2.05) is 13.8 Å². The number of benzene rings is 2. The van der Waals surface area contributed by atoms with E-state index in [1.165, 1.54) is 0 Å². The molecule has 0 fully saturated rings. The number of hydrogen-bond donors (Lipinski definition) is 2. The molecule has 2 rings (SSSR count). The molecule has 0 saturated heterocycles. The third-order valence-corrected chi connectivity index (χ3v) is 5.47. The normalized spacial score (nSPS) is 11.2. The predicted molar refractivity (Wildman–Crippen MR) is 114 cm³/mol. The van der Waals surface area contributed by atoms with Gasteiger partial charge in [-0.1, -0.05) is 24.3 Å². The van der Waals surface area contributed by atoms with E-state index >= 15 is 0 Å². The van der Waals surface area contributed by atoms with Crippen molar-refractivity contribution in [2.24, 2.45) is 0 Å². The number of nitrogens with zero attached hydrogens (tertiary/aromatic N) is 1. The summed E-state index contributed by atoms with van der Waals surface area (Å²) in [6.45, 7) is 3.24. The van der Waals surface area contributed by atoms with Gasteiger partial charge >= 0.3 is 0 Å². The Bertz CT molecular complexity index is 977. The van der Waals surface area contributed by atoms with Crippen LogP contribution in [0.3, 0.4) is 0 Å². The van der Waals surface area contributed by atoms with E-state index in [0.29, 0.717) is 21.4 Å². The highest BCUT2D eigenvalue weighted by Crippen LogP contribution is 2.27. The fourth-order valence-electron chi connectivity index (χ4n) is 2.49. The van der Waals surface area contributed by atoms with Crippen molar-refractivity contribution in [2.75, 3.05) is 22.4 Å². The van der Waals surface area contributed by atoms with Crippen molar-refractivity contribution in [1.82, 2.24) is 5.32 Å². The predicted octanol–water partition coefficient (Wildman–Crippen LogP) is 2.99. The maximum Gasteiger partial charge on any atom is 0.253 e. The van der Waals surface area contributed by atoms with Gasteiger partial charge in [0.15, 0.2) is 0 Å². The van der Waals surface area contributed by atoms with Crippen LogP contribution < -0.4 is 14.9 Å². The van der Waals surface area contributed by atoms with Crippen LogP contribution in [0.4, 0.5) is 11.4 Å². The molecule has 0 radical (unpaired) electrons. The maximum atomic E-state index is 12.6. The first-order chi connectivity index (χ1) is 13.1. The lowest BCUT2D eigenvalue weighted by Gasteiger charge is -2.23. The molecule has 0 aliphatic heterocycles. The summed E-state index contributed by atoms with van der Waals surface area (Å²) < 4.78 is 26.0. The number of rotatable bonds is 7. The monoisotopic (exact) mass is 467 g/mol. The number of carbonyl (C=O) groups is 2. The molecule has 9 heteroatoms. The van der Waals surface area contributed by atoms with Crippen molar-refractivity contribution in [1.29, 1.82) is 0 Å². The molecule has 2 amide bonds. The highest BCUT2D eigenvalue weighted by Gasteiger charge is 2.23. The Morgan fingerprint density at radius 2 is 1.68 bits per heavy atom. The van der Waals surface area contributed by atoms with E-state index in [4.69, 9.17) is 0 Å². The van der Waals surface area contributed by atoms with Gasteiger partial charge in [-0.3, -0.25) is 13.9 Å². The third-order valence-electron chi connectivity index (χ3n) is 3.67. The molecule has 0 spiro atoms. The summed E-state index contributed by atoms with van der Waals surface area (Å²) in [5.41, 5.74) is 0.966. The highest BCUT2D eigenvalue weighted by atomic mass is 79.9. The van der Waals surface area contributed by atoms with Crippen LogP contribution in [0.15, 0.2) is 53.0 Å². The zero-order chi connectivity index (χ0) is 20.9. The SMILES string of the molecule is CC(C)NC(=O)c1ccccc1NC(=O)CN(c1ccccc1Br)S(C)(=O)=O. The van der Waals surface area contributed by atoms with Crippen LogP contribution in [0.2, 0.25) is 0 Å². The van der Waals surface area contributed by atoms with Crippen LogP contribution in [-0.2, 0) is 14.8 Å². The maximum absolute atomic E-state index is 12.6. The summed E-state index contributed by atoms with van der Waals surface area (Å²) in [7, 11) is -3.71. The Balaban J connectivity index is 2.25. The average molecular weight is 468 g/mol. The van der Waals surface area contributed by atoms with Gasteiger partial charge in [0, 0.05) is 10.5 Å². The molecule has 2 aromatic carbocycles. The number of nitrogens with one attached hydrogen (secondary N) is 2. The Morgan fingerprint density at radius 1 is 1.07 bits per heavy atom. The molecule has 0 aromatic heterocycles. The van der Waals surface area contributed by atoms with E-state index in [9.17, 15) is 18.0 Å². The molecular weight excluding hydrogens is 446 g/mol. The quantitative estimate of drug-likeness (QED) is 0.653. The summed E-state index contributed by atoms with van der Waals surface area (Å²) >= 11 is 3.31. The molecule has 0 bridgehead atoms. The summed E-state index contributed by atoms with van der Waals surface area (Å²) in [5.74, 6) is -0.886. The van der Waals surface area contributed by atoms with Gasteiger partial charge in [0.2, 0.25) is 15.9 Å². The summed E-state index contributed by atoms with van der Waals surface area (Å²) in [5, 5.41) is 5.40.